The summed E-state index contributed by atoms with van der Waals surface area (Å²) in [5, 5.41) is 0.705. The fourth-order valence-corrected chi connectivity index (χ4v) is 1.97. The smallest absolute Gasteiger partial charge is 0.141 e. The molecule has 0 amide bonds. The third kappa shape index (κ3) is 3.39. The summed E-state index contributed by atoms with van der Waals surface area (Å²) in [4.78, 5) is 0. The van der Waals surface area contributed by atoms with Crippen LogP contribution in [0.15, 0.2) is 12.1 Å². The van der Waals surface area contributed by atoms with Gasteiger partial charge in [-0.05, 0) is 43.0 Å². The van der Waals surface area contributed by atoms with Gasteiger partial charge in [-0.3, -0.25) is 0 Å². The quantitative estimate of drug-likeness (QED) is 0.830. The molecule has 0 spiro atoms. The van der Waals surface area contributed by atoms with Gasteiger partial charge in [-0.25, -0.2) is 0 Å². The van der Waals surface area contributed by atoms with Gasteiger partial charge in [0.15, 0.2) is 0 Å². The van der Waals surface area contributed by atoms with E-state index in [4.69, 9.17) is 22.1 Å². The minimum Gasteiger partial charge on any atom is -0.492 e. The summed E-state index contributed by atoms with van der Waals surface area (Å²) in [5.74, 6) is 0.840. The first kappa shape index (κ1) is 13.3. The second-order valence-electron chi connectivity index (χ2n) is 3.81. The first-order valence-electron chi connectivity index (χ1n) is 5.87. The number of rotatable bonds is 6. The molecule has 0 unspecified atom stereocenters. The molecule has 1 aromatic rings. The van der Waals surface area contributed by atoms with E-state index in [0.29, 0.717) is 18.2 Å². The first-order chi connectivity index (χ1) is 7.72. The van der Waals surface area contributed by atoms with Crippen LogP contribution >= 0.6 is 11.6 Å². The summed E-state index contributed by atoms with van der Waals surface area (Å²) in [6.07, 6.45) is 2.78. The average Bonchev–Trinajstić information content (AvgIpc) is 2.27. The van der Waals surface area contributed by atoms with E-state index in [0.717, 1.165) is 25.0 Å². The number of halogens is 1. The van der Waals surface area contributed by atoms with Crippen molar-refractivity contribution in [3.05, 3.63) is 28.3 Å². The topological polar surface area (TPSA) is 35.2 Å². The highest BCUT2D eigenvalue weighted by Crippen LogP contribution is 2.31. The van der Waals surface area contributed by atoms with Crippen molar-refractivity contribution < 1.29 is 4.74 Å². The van der Waals surface area contributed by atoms with Crippen LogP contribution in [0.25, 0.3) is 0 Å². The lowest BCUT2D eigenvalue weighted by Gasteiger charge is -2.13. The molecule has 1 rings (SSSR count). The van der Waals surface area contributed by atoms with E-state index in [1.807, 2.05) is 6.07 Å². The van der Waals surface area contributed by atoms with E-state index < -0.39 is 0 Å². The lowest BCUT2D eigenvalue weighted by atomic mass is 10.1. The van der Waals surface area contributed by atoms with Crippen LogP contribution in [0.5, 0.6) is 5.75 Å². The van der Waals surface area contributed by atoms with E-state index in [-0.39, 0.29) is 0 Å². The number of aryl methyl sites for hydroxylation is 1. The minimum absolute atomic E-state index is 0.647. The summed E-state index contributed by atoms with van der Waals surface area (Å²) in [5.41, 5.74) is 7.90. The molecule has 0 aromatic heterocycles. The molecule has 0 saturated carbocycles. The number of benzene rings is 1. The van der Waals surface area contributed by atoms with Gasteiger partial charge in [0, 0.05) is 0 Å². The lowest BCUT2D eigenvalue weighted by Crippen LogP contribution is -2.05. The normalized spacial score (nSPS) is 10.5. The van der Waals surface area contributed by atoms with Gasteiger partial charge in [0.1, 0.15) is 5.75 Å². The Morgan fingerprint density at radius 2 is 2.06 bits per heavy atom. The third-order valence-electron chi connectivity index (χ3n) is 2.44. The monoisotopic (exact) mass is 241 g/mol. The summed E-state index contributed by atoms with van der Waals surface area (Å²) in [6.45, 7) is 5.55. The van der Waals surface area contributed by atoms with Crippen LogP contribution < -0.4 is 10.5 Å². The maximum atomic E-state index is 6.22. The molecule has 0 aliphatic rings. The maximum absolute atomic E-state index is 6.22. The largest absolute Gasteiger partial charge is 0.492 e. The molecule has 2 N–H and O–H groups in total. The maximum Gasteiger partial charge on any atom is 0.141 e. The van der Waals surface area contributed by atoms with Gasteiger partial charge in [-0.1, -0.05) is 31.5 Å². The molecule has 0 aliphatic carbocycles. The molecule has 0 bridgehead atoms. The molecule has 0 fully saturated rings. The fourth-order valence-electron chi connectivity index (χ4n) is 1.65. The van der Waals surface area contributed by atoms with Gasteiger partial charge < -0.3 is 10.5 Å². The van der Waals surface area contributed by atoms with Crippen molar-refractivity contribution in [2.75, 3.05) is 13.2 Å². The van der Waals surface area contributed by atoms with Crippen LogP contribution in [-0.4, -0.2) is 13.2 Å². The van der Waals surface area contributed by atoms with Crippen LogP contribution in [0.2, 0.25) is 5.02 Å². The summed E-state index contributed by atoms with van der Waals surface area (Å²) in [6, 6.07) is 4.10. The molecule has 0 atom stereocenters. The van der Waals surface area contributed by atoms with E-state index >= 15 is 0 Å². The zero-order chi connectivity index (χ0) is 12.0. The van der Waals surface area contributed by atoms with Crippen molar-refractivity contribution in [2.24, 2.45) is 5.73 Å². The molecule has 0 heterocycles. The van der Waals surface area contributed by atoms with Crippen molar-refractivity contribution in [2.45, 2.75) is 33.1 Å². The zero-order valence-corrected chi connectivity index (χ0v) is 10.8. The van der Waals surface area contributed by atoms with Crippen LogP contribution in [0.3, 0.4) is 0 Å². The lowest BCUT2D eigenvalue weighted by molar-refractivity contribution is 0.314. The van der Waals surface area contributed by atoms with Crippen molar-refractivity contribution >= 4 is 11.6 Å². The predicted molar refractivity (Wildman–Crippen MR) is 69.4 cm³/mol. The average molecular weight is 242 g/mol. The number of nitrogens with two attached hydrogens (primary N) is 1. The van der Waals surface area contributed by atoms with Crippen molar-refractivity contribution in [1.82, 2.24) is 0 Å². The van der Waals surface area contributed by atoms with Gasteiger partial charge >= 0.3 is 0 Å². The Morgan fingerprint density at radius 1 is 1.31 bits per heavy atom. The molecule has 0 radical (unpaired) electrons. The Bertz CT molecular complexity index is 339. The van der Waals surface area contributed by atoms with E-state index in [2.05, 4.69) is 19.9 Å². The molecule has 1 aromatic carbocycles. The Balaban J connectivity index is 2.97. The standard InChI is InChI=1S/C13H20ClNO/c1-3-7-16-13-11(4-2)8-10(5-6-15)9-12(13)14/h8-9H,3-7,15H2,1-2H3. The second kappa shape index (κ2) is 6.77. The predicted octanol–water partition coefficient (Wildman–Crippen LogP) is 3.19. The van der Waals surface area contributed by atoms with Crippen LogP contribution in [0.1, 0.15) is 31.4 Å². The Labute approximate surface area is 103 Å². The fraction of sp³-hybridized carbons (Fsp3) is 0.538. The third-order valence-corrected chi connectivity index (χ3v) is 2.73. The SMILES string of the molecule is CCCOc1c(Cl)cc(CCN)cc1CC. The van der Waals surface area contributed by atoms with Gasteiger partial charge in [-0.2, -0.15) is 0 Å². The molecule has 0 aliphatic heterocycles. The Kier molecular flexibility index (Phi) is 5.64. The minimum atomic E-state index is 0.647. The summed E-state index contributed by atoms with van der Waals surface area (Å²) < 4.78 is 5.68. The molecular weight excluding hydrogens is 222 g/mol. The molecule has 2 nitrogen and oxygen atoms in total. The highest BCUT2D eigenvalue weighted by Gasteiger charge is 2.09. The highest BCUT2D eigenvalue weighted by atomic mass is 35.5. The molecule has 3 heteroatoms. The van der Waals surface area contributed by atoms with E-state index in [1.54, 1.807) is 0 Å². The highest BCUT2D eigenvalue weighted by molar-refractivity contribution is 6.32. The summed E-state index contributed by atoms with van der Waals surface area (Å²) in [7, 11) is 0. The van der Waals surface area contributed by atoms with Crippen LogP contribution in [-0.2, 0) is 12.8 Å². The summed E-state index contributed by atoms with van der Waals surface area (Å²) >= 11 is 6.22. The molecule has 16 heavy (non-hydrogen) atoms. The number of ether oxygens (including phenoxy) is 1. The van der Waals surface area contributed by atoms with E-state index in [1.165, 1.54) is 11.1 Å². The van der Waals surface area contributed by atoms with Gasteiger partial charge in [0.25, 0.3) is 0 Å². The zero-order valence-electron chi connectivity index (χ0n) is 10.1. The van der Waals surface area contributed by atoms with Crippen molar-refractivity contribution in [3.8, 4) is 5.75 Å². The second-order valence-corrected chi connectivity index (χ2v) is 4.21. The number of hydrogen-bond donors (Lipinski definition) is 1. The molecular formula is C13H20ClNO. The number of hydrogen-bond acceptors (Lipinski definition) is 2. The molecule has 0 saturated heterocycles. The van der Waals surface area contributed by atoms with Gasteiger partial charge in [0.2, 0.25) is 0 Å². The van der Waals surface area contributed by atoms with Crippen molar-refractivity contribution in [1.29, 1.82) is 0 Å². The van der Waals surface area contributed by atoms with E-state index in [9.17, 15) is 0 Å². The van der Waals surface area contributed by atoms with Crippen LogP contribution in [0.4, 0.5) is 0 Å². The first-order valence-corrected chi connectivity index (χ1v) is 6.24. The van der Waals surface area contributed by atoms with Gasteiger partial charge in [-0.15, -0.1) is 0 Å². The van der Waals surface area contributed by atoms with Crippen LogP contribution in [0, 0.1) is 0 Å². The molecule has 90 valence electrons. The Hall–Kier alpha value is -0.730. The van der Waals surface area contributed by atoms with Gasteiger partial charge in [0.05, 0.1) is 11.6 Å². The Morgan fingerprint density at radius 3 is 2.62 bits per heavy atom. The van der Waals surface area contributed by atoms with Crippen molar-refractivity contribution in [3.63, 3.8) is 0 Å².